The van der Waals surface area contributed by atoms with Crippen LogP contribution in [0.5, 0.6) is 5.75 Å². The molecule has 19 heteroatoms. The summed E-state index contributed by atoms with van der Waals surface area (Å²) in [4.78, 5) is 83.6. The quantitative estimate of drug-likeness (QED) is 0.0484. The monoisotopic (exact) mass is 854 g/mol. The van der Waals surface area contributed by atoms with Crippen molar-refractivity contribution < 1.29 is 47.8 Å². The van der Waals surface area contributed by atoms with Crippen molar-refractivity contribution in [3.05, 3.63) is 76.7 Å². The Morgan fingerprint density at radius 2 is 1.64 bits per heavy atom. The molecule has 310 valence electrons. The normalized spacial score (nSPS) is 17.1. The number of rotatable bonds is 14. The molecule has 0 aliphatic carbocycles. The molecule has 3 amide bonds. The maximum atomic E-state index is 14.1. The van der Waals surface area contributed by atoms with Gasteiger partial charge in [-0.15, -0.1) is 34.9 Å². The number of anilines is 1. The lowest BCUT2D eigenvalue weighted by Gasteiger charge is -2.49. The molecule has 4 heterocycles. The summed E-state index contributed by atoms with van der Waals surface area (Å²) in [6.45, 7) is 13.0. The van der Waals surface area contributed by atoms with Gasteiger partial charge in [0.2, 0.25) is 5.60 Å². The van der Waals surface area contributed by atoms with Crippen LogP contribution in [0.3, 0.4) is 0 Å². The molecule has 2 aromatic heterocycles. The molecule has 0 radical (unpaired) electrons. The van der Waals surface area contributed by atoms with E-state index in [0.717, 1.165) is 21.8 Å². The molecule has 0 spiro atoms. The van der Waals surface area contributed by atoms with E-state index in [9.17, 15) is 24.0 Å². The van der Waals surface area contributed by atoms with Crippen LogP contribution in [0.2, 0.25) is 0 Å². The Kier molecular flexibility index (Phi) is 13.8. The number of thioether (sulfide) groups is 2. The predicted octanol–water partition coefficient (Wildman–Crippen LogP) is 5.92. The second kappa shape index (κ2) is 18.2. The number of carbonyl (C=O) groups excluding carboxylic acids is 5. The lowest BCUT2D eigenvalue weighted by Crippen LogP contribution is -2.71. The van der Waals surface area contributed by atoms with Crippen LogP contribution in [0.15, 0.2) is 75.5 Å². The fourth-order valence-corrected chi connectivity index (χ4v) is 8.22. The van der Waals surface area contributed by atoms with E-state index < -0.39 is 58.1 Å². The Bertz CT molecular complexity index is 2070. The predicted molar refractivity (Wildman–Crippen MR) is 219 cm³/mol. The molecular weight excluding hydrogens is 809 g/mol. The fraction of sp³-hybridized carbons (Fsp3) is 0.436. The standard InChI is InChI=1S/C39H46N6O10S3/c1-37(2,3)53-34(49)39(7,8)55-44-27(26-21-58-35(41-26)43-36(50)54-38(4,5)6)30(46)42-28-31(47)45-29(33(48)52-18-22-10-12-24(51-9)13-11-22)23(20-57-32(28)45)19-56-25-14-16-40-17-15-25/h10-17,21,28,32H,18-20H2,1-9H3,(H,42,46)(H,41,43,50)/t28-,32+/m1/s1. The molecule has 0 unspecified atom stereocenters. The van der Waals surface area contributed by atoms with Gasteiger partial charge in [0.15, 0.2) is 10.8 Å². The van der Waals surface area contributed by atoms with Crippen molar-refractivity contribution in [1.82, 2.24) is 20.2 Å². The zero-order valence-electron chi connectivity index (χ0n) is 33.6. The van der Waals surface area contributed by atoms with E-state index in [2.05, 4.69) is 25.8 Å². The van der Waals surface area contributed by atoms with Crippen molar-refractivity contribution in [2.24, 2.45) is 5.16 Å². The Balaban J connectivity index is 1.38. The van der Waals surface area contributed by atoms with Gasteiger partial charge in [0, 0.05) is 34.2 Å². The molecule has 2 N–H and O–H groups in total. The van der Waals surface area contributed by atoms with Gasteiger partial charge in [-0.05, 0) is 90.8 Å². The average molecular weight is 855 g/mol. The van der Waals surface area contributed by atoms with Gasteiger partial charge in [0.25, 0.3) is 11.8 Å². The smallest absolute Gasteiger partial charge is 0.413 e. The Hall–Kier alpha value is -5.14. The van der Waals surface area contributed by atoms with E-state index in [4.69, 9.17) is 23.8 Å². The first-order chi connectivity index (χ1) is 27.2. The first-order valence-electron chi connectivity index (χ1n) is 18.0. The summed E-state index contributed by atoms with van der Waals surface area (Å²) in [5.74, 6) is -1.42. The summed E-state index contributed by atoms with van der Waals surface area (Å²) in [5, 5.41) is 10.2. The molecule has 1 aromatic carbocycles. The maximum absolute atomic E-state index is 14.1. The van der Waals surface area contributed by atoms with Gasteiger partial charge in [-0.3, -0.25) is 24.8 Å². The number of fused-ring (bicyclic) bond motifs is 1. The minimum atomic E-state index is -1.65. The molecule has 2 aliphatic heterocycles. The molecule has 58 heavy (non-hydrogen) atoms. The van der Waals surface area contributed by atoms with Crippen LogP contribution < -0.4 is 15.4 Å². The first kappa shape index (κ1) is 44.0. The van der Waals surface area contributed by atoms with Crippen molar-refractivity contribution in [3.63, 3.8) is 0 Å². The topological polar surface area (TPSA) is 197 Å². The van der Waals surface area contributed by atoms with Crippen molar-refractivity contribution in [2.45, 2.75) is 95.1 Å². The first-order valence-corrected chi connectivity index (χ1v) is 20.9. The molecule has 2 aliphatic rings. The van der Waals surface area contributed by atoms with Gasteiger partial charge in [0.05, 0.1) is 7.11 Å². The highest BCUT2D eigenvalue weighted by Crippen LogP contribution is 2.42. The molecule has 1 saturated heterocycles. The maximum Gasteiger partial charge on any atom is 0.413 e. The zero-order chi connectivity index (χ0) is 42.4. The van der Waals surface area contributed by atoms with E-state index in [1.807, 2.05) is 12.1 Å². The number of hydrogen-bond acceptors (Lipinski definition) is 16. The number of pyridine rings is 1. The van der Waals surface area contributed by atoms with E-state index in [-0.39, 0.29) is 28.8 Å². The number of oxime groups is 1. The summed E-state index contributed by atoms with van der Waals surface area (Å²) < 4.78 is 21.7. The number of methoxy groups -OCH3 is 1. The molecule has 0 saturated carbocycles. The number of ether oxygens (including phenoxy) is 4. The number of nitrogens with one attached hydrogen (secondary N) is 2. The van der Waals surface area contributed by atoms with Crippen LogP contribution in [-0.4, -0.2) is 97.3 Å². The number of β-lactam (4-membered cyclic amide) rings is 1. The number of nitrogens with zero attached hydrogens (tertiary/aromatic N) is 4. The van der Waals surface area contributed by atoms with E-state index in [1.165, 1.54) is 47.7 Å². The third-order valence-electron chi connectivity index (χ3n) is 7.94. The molecule has 5 rings (SSSR count). The van der Waals surface area contributed by atoms with E-state index in [0.29, 0.717) is 22.8 Å². The summed E-state index contributed by atoms with van der Waals surface area (Å²) in [5.41, 5.74) is -2.14. The summed E-state index contributed by atoms with van der Waals surface area (Å²) >= 11 is 3.85. The van der Waals surface area contributed by atoms with Crippen molar-refractivity contribution in [2.75, 3.05) is 23.9 Å². The zero-order valence-corrected chi connectivity index (χ0v) is 36.0. The number of aromatic nitrogens is 2. The van der Waals surface area contributed by atoms with Crippen LogP contribution in [0.25, 0.3) is 0 Å². The van der Waals surface area contributed by atoms with Gasteiger partial charge in [-0.1, -0.05) is 17.3 Å². The second-order valence-electron chi connectivity index (χ2n) is 15.4. The molecule has 1 fully saturated rings. The van der Waals surface area contributed by atoms with Gasteiger partial charge < -0.3 is 29.1 Å². The minimum absolute atomic E-state index is 0.0217. The number of esters is 2. The number of thiazole rings is 1. The van der Waals surface area contributed by atoms with Crippen LogP contribution >= 0.6 is 34.9 Å². The Labute approximate surface area is 348 Å². The summed E-state index contributed by atoms with van der Waals surface area (Å²) in [6.07, 6.45) is 2.58. The summed E-state index contributed by atoms with van der Waals surface area (Å²) in [7, 11) is 1.56. The highest BCUT2D eigenvalue weighted by molar-refractivity contribution is 8.01. The number of hydrogen-bond donors (Lipinski definition) is 2. The highest BCUT2D eigenvalue weighted by Gasteiger charge is 2.55. The van der Waals surface area contributed by atoms with E-state index >= 15 is 0 Å². The molecular formula is C39H46N6O10S3. The molecule has 2 atom stereocenters. The average Bonchev–Trinajstić information content (AvgIpc) is 3.61. The molecule has 0 bridgehead atoms. The van der Waals surface area contributed by atoms with Crippen molar-refractivity contribution in [3.8, 4) is 5.75 Å². The Morgan fingerprint density at radius 1 is 0.966 bits per heavy atom. The third kappa shape index (κ3) is 11.5. The number of amides is 3. The Morgan fingerprint density at radius 3 is 2.28 bits per heavy atom. The van der Waals surface area contributed by atoms with Crippen LogP contribution in [0.1, 0.15) is 66.6 Å². The van der Waals surface area contributed by atoms with Crippen LogP contribution in [-0.2, 0) is 44.8 Å². The minimum Gasteiger partial charge on any atom is -0.497 e. The lowest BCUT2D eigenvalue weighted by molar-refractivity contribution is -0.179. The number of benzene rings is 1. The van der Waals surface area contributed by atoms with Gasteiger partial charge in [-0.2, -0.15) is 0 Å². The number of carbonyl (C=O) groups is 5. The van der Waals surface area contributed by atoms with Gasteiger partial charge in [0.1, 0.15) is 46.4 Å². The van der Waals surface area contributed by atoms with Crippen molar-refractivity contribution in [1.29, 1.82) is 0 Å². The van der Waals surface area contributed by atoms with E-state index in [1.54, 1.807) is 85.3 Å². The van der Waals surface area contributed by atoms with Gasteiger partial charge >= 0.3 is 18.0 Å². The largest absolute Gasteiger partial charge is 0.497 e. The third-order valence-corrected chi connectivity index (χ3v) is 11.1. The van der Waals surface area contributed by atoms with Crippen molar-refractivity contribution >= 4 is 75.6 Å². The lowest BCUT2D eigenvalue weighted by atomic mass is 10.0. The summed E-state index contributed by atoms with van der Waals surface area (Å²) in [6, 6.07) is 9.67. The molecule has 3 aromatic rings. The van der Waals surface area contributed by atoms with Gasteiger partial charge in [-0.25, -0.2) is 19.4 Å². The second-order valence-corrected chi connectivity index (χ2v) is 18.4. The molecule has 16 nitrogen and oxygen atoms in total. The highest BCUT2D eigenvalue weighted by atomic mass is 32.2. The SMILES string of the molecule is COc1ccc(COC(=O)C2=C(CSc3ccncc3)CS[C@H]3[C@H](NC(=O)C(=NOC(C)(C)C(=O)OC(C)(C)C)c4csc(NC(=O)OC(C)(C)C)n4)C(=O)N23)cc1. The van der Waals surface area contributed by atoms with Crippen LogP contribution in [0.4, 0.5) is 9.93 Å². The fourth-order valence-electron chi connectivity index (χ4n) is 5.17. The van der Waals surface area contributed by atoms with Crippen LogP contribution in [0, 0.1) is 0 Å².